The van der Waals surface area contributed by atoms with Gasteiger partial charge in [0.05, 0.1) is 5.69 Å². The molecule has 1 aromatic heterocycles. The Labute approximate surface area is 193 Å². The third-order valence-electron chi connectivity index (χ3n) is 5.33. The van der Waals surface area contributed by atoms with Crippen molar-refractivity contribution < 1.29 is 18.7 Å². The number of H-pyrrole nitrogens is 1. The number of aromatic nitrogens is 2. The Morgan fingerprint density at radius 2 is 1.82 bits per heavy atom. The average Bonchev–Trinajstić information content (AvgIpc) is 3.27. The molecule has 7 nitrogen and oxygen atoms in total. The molecule has 0 aliphatic carbocycles. The van der Waals surface area contributed by atoms with Gasteiger partial charge in [-0.2, -0.15) is 5.10 Å². The van der Waals surface area contributed by atoms with Crippen molar-refractivity contribution in [1.29, 1.82) is 0 Å². The zero-order chi connectivity index (χ0) is 23.4. The number of benzene rings is 2. The van der Waals surface area contributed by atoms with Gasteiger partial charge in [0, 0.05) is 44.0 Å². The number of carbonyl (C=O) groups is 1. The van der Waals surface area contributed by atoms with Gasteiger partial charge in [0.1, 0.15) is 29.5 Å². The first-order chi connectivity index (χ1) is 15.8. The molecule has 0 atom stereocenters. The molecule has 4 rings (SSSR count). The number of ether oxygens (including phenoxy) is 2. The molecule has 1 saturated heterocycles. The predicted octanol–water partition coefficient (Wildman–Crippen LogP) is 4.85. The Balaban J connectivity index is 1.49. The van der Waals surface area contributed by atoms with E-state index in [1.807, 2.05) is 57.3 Å². The molecule has 0 unspecified atom stereocenters. The highest BCUT2D eigenvalue weighted by Crippen LogP contribution is 2.36. The van der Waals surface area contributed by atoms with Crippen LogP contribution in [0.3, 0.4) is 0 Å². The number of carbonyl (C=O) groups excluding carboxylic acids is 1. The van der Waals surface area contributed by atoms with E-state index in [0.29, 0.717) is 49.8 Å². The quantitative estimate of drug-likeness (QED) is 0.599. The minimum absolute atomic E-state index is 0.301. The molecule has 3 aromatic rings. The van der Waals surface area contributed by atoms with Crippen LogP contribution in [0.15, 0.2) is 54.7 Å². The number of piperazine rings is 1. The van der Waals surface area contributed by atoms with Crippen LogP contribution in [0.25, 0.3) is 11.3 Å². The Bertz CT molecular complexity index is 1090. The summed E-state index contributed by atoms with van der Waals surface area (Å²) < 4.78 is 25.5. The first-order valence-corrected chi connectivity index (χ1v) is 11.0. The van der Waals surface area contributed by atoms with Gasteiger partial charge in [0.25, 0.3) is 0 Å². The summed E-state index contributed by atoms with van der Waals surface area (Å²) in [6.45, 7) is 8.25. The average molecular weight is 453 g/mol. The van der Waals surface area contributed by atoms with Gasteiger partial charge in [-0.15, -0.1) is 0 Å². The molecule has 8 heteroatoms. The second-order valence-electron chi connectivity index (χ2n) is 8.99. The van der Waals surface area contributed by atoms with Crippen LogP contribution in [-0.2, 0) is 11.3 Å². The number of nitrogens with zero attached hydrogens (tertiary/aromatic N) is 3. The summed E-state index contributed by atoms with van der Waals surface area (Å²) in [5, 5.41) is 7.36. The largest absolute Gasteiger partial charge is 0.488 e. The van der Waals surface area contributed by atoms with Crippen LogP contribution in [0.5, 0.6) is 5.75 Å². The van der Waals surface area contributed by atoms with Crippen molar-refractivity contribution >= 4 is 11.8 Å². The Kier molecular flexibility index (Phi) is 6.53. The Morgan fingerprint density at radius 3 is 2.52 bits per heavy atom. The highest BCUT2D eigenvalue weighted by Gasteiger charge is 2.28. The smallest absolute Gasteiger partial charge is 0.410 e. The first kappa shape index (κ1) is 22.6. The third-order valence-corrected chi connectivity index (χ3v) is 5.33. The summed E-state index contributed by atoms with van der Waals surface area (Å²) in [4.78, 5) is 16.2. The van der Waals surface area contributed by atoms with Crippen molar-refractivity contribution in [2.75, 3.05) is 31.1 Å². The van der Waals surface area contributed by atoms with Gasteiger partial charge < -0.3 is 19.3 Å². The van der Waals surface area contributed by atoms with Gasteiger partial charge in [0.15, 0.2) is 0 Å². The molecule has 0 spiro atoms. The number of amides is 1. The molecule has 2 aromatic carbocycles. The summed E-state index contributed by atoms with van der Waals surface area (Å²) in [5.41, 5.74) is 2.75. The molecule has 0 radical (unpaired) electrons. The number of hydrogen-bond donors (Lipinski definition) is 1. The molecule has 174 valence electrons. The maximum absolute atomic E-state index is 14.0. The molecular formula is C25H29FN4O3. The summed E-state index contributed by atoms with van der Waals surface area (Å²) in [6, 6.07) is 14.2. The molecule has 1 aliphatic rings. The van der Waals surface area contributed by atoms with E-state index in [1.54, 1.807) is 11.0 Å². The van der Waals surface area contributed by atoms with Crippen LogP contribution in [0.4, 0.5) is 14.9 Å². The van der Waals surface area contributed by atoms with Gasteiger partial charge in [-0.3, -0.25) is 5.10 Å². The van der Waals surface area contributed by atoms with Crippen molar-refractivity contribution in [2.45, 2.75) is 33.0 Å². The third kappa shape index (κ3) is 5.63. The van der Waals surface area contributed by atoms with E-state index < -0.39 is 5.60 Å². The van der Waals surface area contributed by atoms with Gasteiger partial charge >= 0.3 is 6.09 Å². The minimum Gasteiger partial charge on any atom is -0.488 e. The van der Waals surface area contributed by atoms with Crippen LogP contribution < -0.4 is 9.64 Å². The van der Waals surface area contributed by atoms with Crippen LogP contribution >= 0.6 is 0 Å². The molecule has 1 fully saturated rings. The lowest BCUT2D eigenvalue weighted by Gasteiger charge is -2.36. The second-order valence-corrected chi connectivity index (χ2v) is 8.99. The summed E-state index contributed by atoms with van der Waals surface area (Å²) in [6.07, 6.45) is 1.52. The monoisotopic (exact) mass is 452 g/mol. The van der Waals surface area contributed by atoms with Crippen molar-refractivity contribution in [1.82, 2.24) is 15.1 Å². The number of halogens is 1. The Morgan fingerprint density at radius 1 is 1.09 bits per heavy atom. The molecule has 1 amide bonds. The maximum atomic E-state index is 14.0. The Hall–Kier alpha value is -3.55. The fourth-order valence-electron chi connectivity index (χ4n) is 3.73. The van der Waals surface area contributed by atoms with Crippen molar-refractivity contribution in [3.63, 3.8) is 0 Å². The van der Waals surface area contributed by atoms with E-state index in [4.69, 9.17) is 9.47 Å². The highest BCUT2D eigenvalue weighted by molar-refractivity contribution is 5.79. The molecule has 1 aliphatic heterocycles. The van der Waals surface area contributed by atoms with Crippen LogP contribution in [0, 0.1) is 5.82 Å². The molecule has 1 N–H and O–H groups in total. The fraction of sp³-hybridized carbons (Fsp3) is 0.360. The molecule has 0 saturated carbocycles. The van der Waals surface area contributed by atoms with E-state index in [0.717, 1.165) is 11.3 Å². The normalized spacial score (nSPS) is 14.3. The molecule has 2 heterocycles. The van der Waals surface area contributed by atoms with Gasteiger partial charge in [-0.1, -0.05) is 30.3 Å². The van der Waals surface area contributed by atoms with Gasteiger partial charge in [-0.25, -0.2) is 9.18 Å². The fourth-order valence-corrected chi connectivity index (χ4v) is 3.73. The van der Waals surface area contributed by atoms with Crippen molar-refractivity contribution in [3.05, 3.63) is 66.1 Å². The van der Waals surface area contributed by atoms with Crippen LogP contribution in [0.2, 0.25) is 0 Å². The van der Waals surface area contributed by atoms with Gasteiger partial charge in [-0.05, 0) is 38.5 Å². The minimum atomic E-state index is -0.523. The summed E-state index contributed by atoms with van der Waals surface area (Å²) >= 11 is 0. The van der Waals surface area contributed by atoms with E-state index in [1.165, 1.54) is 12.1 Å². The number of rotatable bonds is 5. The summed E-state index contributed by atoms with van der Waals surface area (Å²) in [7, 11) is 0. The second kappa shape index (κ2) is 9.52. The van der Waals surface area contributed by atoms with Crippen LogP contribution in [-0.4, -0.2) is 53.0 Å². The molecule has 33 heavy (non-hydrogen) atoms. The summed E-state index contributed by atoms with van der Waals surface area (Å²) in [5.74, 6) is 0.0597. The molecular weight excluding hydrogens is 423 g/mol. The lowest BCUT2D eigenvalue weighted by atomic mass is 10.1. The SMILES string of the molecule is CC(C)(C)OC(=O)N1CCN(c2c[nH]nc2-c2ccc(F)cc2OCc2ccccc2)CC1. The zero-order valence-corrected chi connectivity index (χ0v) is 19.2. The highest BCUT2D eigenvalue weighted by atomic mass is 19.1. The van der Waals surface area contributed by atoms with E-state index in [2.05, 4.69) is 15.1 Å². The predicted molar refractivity (Wildman–Crippen MR) is 125 cm³/mol. The first-order valence-electron chi connectivity index (χ1n) is 11.0. The van der Waals surface area contributed by atoms with E-state index in [9.17, 15) is 9.18 Å². The number of aromatic amines is 1. The van der Waals surface area contributed by atoms with Crippen molar-refractivity contribution in [3.8, 4) is 17.0 Å². The topological polar surface area (TPSA) is 70.7 Å². The molecule has 0 bridgehead atoms. The van der Waals surface area contributed by atoms with E-state index >= 15 is 0 Å². The number of nitrogens with one attached hydrogen (secondary N) is 1. The standard InChI is InChI=1S/C25H29FN4O3/c1-25(2,3)33-24(31)30-13-11-29(12-14-30)21-16-27-28-23(21)20-10-9-19(26)15-22(20)32-17-18-7-5-4-6-8-18/h4-10,15-16H,11-14,17H2,1-3H3,(H,27,28). The zero-order valence-electron chi connectivity index (χ0n) is 19.2. The van der Waals surface area contributed by atoms with Crippen LogP contribution in [0.1, 0.15) is 26.3 Å². The lowest BCUT2D eigenvalue weighted by molar-refractivity contribution is 0.0240. The maximum Gasteiger partial charge on any atom is 0.410 e. The lowest BCUT2D eigenvalue weighted by Crippen LogP contribution is -2.50. The number of hydrogen-bond acceptors (Lipinski definition) is 5. The van der Waals surface area contributed by atoms with Crippen molar-refractivity contribution in [2.24, 2.45) is 0 Å². The van der Waals surface area contributed by atoms with Gasteiger partial charge in [0.2, 0.25) is 0 Å². The van der Waals surface area contributed by atoms with E-state index in [-0.39, 0.29) is 11.9 Å². The number of anilines is 1.